The van der Waals surface area contributed by atoms with Gasteiger partial charge in [-0.15, -0.1) is 0 Å². The third kappa shape index (κ3) is 2.90. The van der Waals surface area contributed by atoms with Gasteiger partial charge in [0.05, 0.1) is 18.9 Å². The van der Waals surface area contributed by atoms with Gasteiger partial charge in [-0.25, -0.2) is 0 Å². The van der Waals surface area contributed by atoms with Gasteiger partial charge in [0.15, 0.2) is 0 Å². The lowest BCUT2D eigenvalue weighted by atomic mass is 10.0. The topological polar surface area (TPSA) is 107 Å². The highest BCUT2D eigenvalue weighted by Gasteiger charge is 2.47. The van der Waals surface area contributed by atoms with Crippen molar-refractivity contribution in [3.05, 3.63) is 0 Å². The van der Waals surface area contributed by atoms with Gasteiger partial charge in [-0.3, -0.25) is 29.0 Å². The predicted molar refractivity (Wildman–Crippen MR) is 71.2 cm³/mol. The average Bonchev–Trinajstić information content (AvgIpc) is 2.66. The summed E-state index contributed by atoms with van der Waals surface area (Å²) in [6.07, 6.45) is -0.383. The van der Waals surface area contributed by atoms with E-state index in [1.165, 1.54) is 4.90 Å². The van der Waals surface area contributed by atoms with Crippen LogP contribution in [0.3, 0.4) is 0 Å². The normalized spacial score (nSPS) is 27.4. The number of amides is 3. The molecule has 116 valence electrons. The maximum atomic E-state index is 12.4. The molecule has 2 heterocycles. The molecule has 0 aromatic carbocycles. The van der Waals surface area contributed by atoms with Crippen LogP contribution < -0.4 is 5.32 Å². The SMILES string of the molecule is CC(C)N1C(=O)CC(N2CCNC(=O)C2CC(=O)O)C1=O. The third-order valence-corrected chi connectivity index (χ3v) is 3.82. The second-order valence-corrected chi connectivity index (χ2v) is 5.56. The van der Waals surface area contributed by atoms with Crippen molar-refractivity contribution < 1.29 is 24.3 Å². The highest BCUT2D eigenvalue weighted by Crippen LogP contribution is 2.24. The number of nitrogens with one attached hydrogen (secondary N) is 1. The van der Waals surface area contributed by atoms with Gasteiger partial charge in [0, 0.05) is 19.1 Å². The van der Waals surface area contributed by atoms with E-state index in [1.54, 1.807) is 18.7 Å². The van der Waals surface area contributed by atoms with Gasteiger partial charge in [-0.1, -0.05) is 0 Å². The first-order chi connectivity index (χ1) is 9.82. The standard InChI is InChI=1S/C13H19N3O5/c1-7(2)16-10(17)5-9(13(16)21)15-4-3-14-12(20)8(15)6-11(18)19/h7-9H,3-6H2,1-2H3,(H,14,20)(H,18,19). The van der Waals surface area contributed by atoms with Crippen LogP contribution in [0.1, 0.15) is 26.7 Å². The van der Waals surface area contributed by atoms with Crippen LogP contribution in [0, 0.1) is 0 Å². The molecule has 0 bridgehead atoms. The summed E-state index contributed by atoms with van der Waals surface area (Å²) < 4.78 is 0. The number of piperazine rings is 1. The summed E-state index contributed by atoms with van der Waals surface area (Å²) in [5.41, 5.74) is 0. The van der Waals surface area contributed by atoms with Crippen LogP contribution in [0.5, 0.6) is 0 Å². The zero-order valence-electron chi connectivity index (χ0n) is 12.0. The van der Waals surface area contributed by atoms with Crippen molar-refractivity contribution in [2.24, 2.45) is 0 Å². The first kappa shape index (κ1) is 15.4. The molecule has 0 saturated carbocycles. The minimum atomic E-state index is -1.11. The summed E-state index contributed by atoms with van der Waals surface area (Å²) in [4.78, 5) is 49.9. The van der Waals surface area contributed by atoms with Gasteiger partial charge in [0.25, 0.3) is 0 Å². The first-order valence-corrected chi connectivity index (χ1v) is 6.94. The lowest BCUT2D eigenvalue weighted by molar-refractivity contribution is -0.147. The molecule has 21 heavy (non-hydrogen) atoms. The zero-order valence-corrected chi connectivity index (χ0v) is 12.0. The van der Waals surface area contributed by atoms with Crippen molar-refractivity contribution in [1.82, 2.24) is 15.1 Å². The molecular weight excluding hydrogens is 278 g/mol. The van der Waals surface area contributed by atoms with E-state index in [2.05, 4.69) is 5.32 Å². The maximum Gasteiger partial charge on any atom is 0.305 e. The Bertz CT molecular complexity index is 490. The number of rotatable bonds is 4. The molecule has 0 radical (unpaired) electrons. The Hall–Kier alpha value is -1.96. The second kappa shape index (κ2) is 5.80. The van der Waals surface area contributed by atoms with E-state index < -0.39 is 24.0 Å². The quantitative estimate of drug-likeness (QED) is 0.631. The Morgan fingerprint density at radius 1 is 1.38 bits per heavy atom. The van der Waals surface area contributed by atoms with Gasteiger partial charge in [0.2, 0.25) is 17.7 Å². The number of hydrogen-bond donors (Lipinski definition) is 2. The number of carboxylic acid groups (broad SMARTS) is 1. The molecular formula is C13H19N3O5. The van der Waals surface area contributed by atoms with Crippen molar-refractivity contribution in [3.63, 3.8) is 0 Å². The molecule has 2 atom stereocenters. The summed E-state index contributed by atoms with van der Waals surface area (Å²) in [5, 5.41) is 11.5. The highest BCUT2D eigenvalue weighted by atomic mass is 16.4. The van der Waals surface area contributed by atoms with Crippen LogP contribution in [0.4, 0.5) is 0 Å². The summed E-state index contributed by atoms with van der Waals surface area (Å²) in [5.74, 6) is -2.15. The van der Waals surface area contributed by atoms with Crippen molar-refractivity contribution in [1.29, 1.82) is 0 Å². The first-order valence-electron chi connectivity index (χ1n) is 6.94. The molecule has 2 aliphatic rings. The molecule has 8 nitrogen and oxygen atoms in total. The number of imide groups is 1. The van der Waals surface area contributed by atoms with E-state index in [9.17, 15) is 19.2 Å². The molecule has 0 spiro atoms. The van der Waals surface area contributed by atoms with Gasteiger partial charge in [0.1, 0.15) is 6.04 Å². The summed E-state index contributed by atoms with van der Waals surface area (Å²) in [6, 6.07) is -1.90. The Kier molecular flexibility index (Phi) is 4.26. The number of carbonyl (C=O) groups is 4. The molecule has 8 heteroatoms. The molecule has 2 unspecified atom stereocenters. The smallest absolute Gasteiger partial charge is 0.305 e. The highest BCUT2D eigenvalue weighted by molar-refractivity contribution is 6.06. The largest absolute Gasteiger partial charge is 0.481 e. The number of likely N-dealkylation sites (tertiary alicyclic amines) is 1. The van der Waals surface area contributed by atoms with Crippen molar-refractivity contribution >= 4 is 23.7 Å². The van der Waals surface area contributed by atoms with E-state index >= 15 is 0 Å². The number of aliphatic carboxylic acids is 1. The zero-order chi connectivity index (χ0) is 15.7. The minimum Gasteiger partial charge on any atom is -0.481 e. The van der Waals surface area contributed by atoms with Gasteiger partial charge in [-0.05, 0) is 13.8 Å². The fraction of sp³-hybridized carbons (Fsp3) is 0.692. The van der Waals surface area contributed by atoms with Crippen LogP contribution in [-0.2, 0) is 19.2 Å². The third-order valence-electron chi connectivity index (χ3n) is 3.82. The molecule has 2 rings (SSSR count). The van der Waals surface area contributed by atoms with Crippen molar-refractivity contribution in [3.8, 4) is 0 Å². The number of carboxylic acids is 1. The molecule has 2 N–H and O–H groups in total. The minimum absolute atomic E-state index is 0.000409. The molecule has 3 amide bonds. The van der Waals surface area contributed by atoms with Crippen LogP contribution in [-0.4, -0.2) is 69.8 Å². The van der Waals surface area contributed by atoms with Gasteiger partial charge in [-0.2, -0.15) is 0 Å². The number of carbonyl (C=O) groups excluding carboxylic acids is 3. The van der Waals surface area contributed by atoms with E-state index in [0.717, 1.165) is 0 Å². The van der Waals surface area contributed by atoms with Crippen molar-refractivity contribution in [2.45, 2.75) is 44.8 Å². The van der Waals surface area contributed by atoms with Crippen molar-refractivity contribution in [2.75, 3.05) is 13.1 Å². The Balaban J connectivity index is 2.22. The van der Waals surface area contributed by atoms with Crippen LogP contribution in [0.25, 0.3) is 0 Å². The molecule has 0 aliphatic carbocycles. The van der Waals surface area contributed by atoms with E-state index in [0.29, 0.717) is 13.1 Å². The van der Waals surface area contributed by atoms with Crippen LogP contribution >= 0.6 is 0 Å². The molecule has 0 aromatic heterocycles. The molecule has 0 aromatic rings. The molecule has 2 aliphatic heterocycles. The van der Waals surface area contributed by atoms with Crippen LogP contribution in [0.2, 0.25) is 0 Å². The fourth-order valence-corrected chi connectivity index (χ4v) is 2.92. The molecule has 2 fully saturated rings. The fourth-order valence-electron chi connectivity index (χ4n) is 2.92. The predicted octanol–water partition coefficient (Wildman–Crippen LogP) is -1.20. The lowest BCUT2D eigenvalue weighted by Crippen LogP contribution is -2.60. The average molecular weight is 297 g/mol. The van der Waals surface area contributed by atoms with E-state index in [-0.39, 0.29) is 30.7 Å². The van der Waals surface area contributed by atoms with E-state index in [1.807, 2.05) is 0 Å². The summed E-state index contributed by atoms with van der Waals surface area (Å²) in [7, 11) is 0. The maximum absolute atomic E-state index is 12.4. The van der Waals surface area contributed by atoms with Gasteiger partial charge >= 0.3 is 5.97 Å². The summed E-state index contributed by atoms with van der Waals surface area (Å²) in [6.45, 7) is 4.19. The van der Waals surface area contributed by atoms with Crippen LogP contribution in [0.15, 0.2) is 0 Å². The number of nitrogens with zero attached hydrogens (tertiary/aromatic N) is 2. The Morgan fingerprint density at radius 2 is 2.05 bits per heavy atom. The second-order valence-electron chi connectivity index (χ2n) is 5.56. The molecule has 2 saturated heterocycles. The van der Waals surface area contributed by atoms with Gasteiger partial charge < -0.3 is 10.4 Å². The van der Waals surface area contributed by atoms with E-state index in [4.69, 9.17) is 5.11 Å². The monoisotopic (exact) mass is 297 g/mol. The Labute approximate surface area is 122 Å². The number of hydrogen-bond acceptors (Lipinski definition) is 5. The summed E-state index contributed by atoms with van der Waals surface area (Å²) >= 11 is 0. The Morgan fingerprint density at radius 3 is 2.57 bits per heavy atom. The lowest BCUT2D eigenvalue weighted by Gasteiger charge is -2.37.